The average Bonchev–Trinajstić information content (AvgIpc) is 2.97. The van der Waals surface area contributed by atoms with Crippen molar-refractivity contribution >= 4 is 22.4 Å². The largest absolute Gasteiger partial charge is 0.411 e. The van der Waals surface area contributed by atoms with Crippen molar-refractivity contribution in [1.82, 2.24) is 9.94 Å². The summed E-state index contributed by atoms with van der Waals surface area (Å²) in [6, 6.07) is 5.56. The minimum Gasteiger partial charge on any atom is -0.411 e. The molecule has 0 fully saturated rings. The van der Waals surface area contributed by atoms with E-state index in [2.05, 4.69) is 25.6 Å². The highest BCUT2D eigenvalue weighted by Crippen LogP contribution is 2.18. The first-order valence-corrected chi connectivity index (χ1v) is 5.15. The summed E-state index contributed by atoms with van der Waals surface area (Å²) in [5, 5.41) is 24.8. The van der Waals surface area contributed by atoms with Gasteiger partial charge in [-0.3, -0.25) is 0 Å². The van der Waals surface area contributed by atoms with Gasteiger partial charge in [-0.2, -0.15) is 5.11 Å². The Morgan fingerprint density at radius 2 is 2.35 bits per heavy atom. The third kappa shape index (κ3) is 1.82. The summed E-state index contributed by atoms with van der Waals surface area (Å²) < 4.78 is 0. The normalized spacial score (nSPS) is 14.2. The molecule has 0 atom stereocenters. The van der Waals surface area contributed by atoms with Gasteiger partial charge in [-0.1, -0.05) is 0 Å². The summed E-state index contributed by atoms with van der Waals surface area (Å²) >= 11 is 0. The van der Waals surface area contributed by atoms with Crippen LogP contribution in [0.1, 0.15) is 0 Å². The molecule has 2 heterocycles. The molecule has 1 aromatic carbocycles. The molecule has 0 amide bonds. The van der Waals surface area contributed by atoms with Gasteiger partial charge in [0.05, 0.1) is 12.7 Å². The minimum absolute atomic E-state index is 0.424. The van der Waals surface area contributed by atoms with E-state index >= 15 is 0 Å². The Kier molecular flexibility index (Phi) is 2.21. The predicted molar refractivity (Wildman–Crippen MR) is 62.6 cm³/mol. The van der Waals surface area contributed by atoms with Crippen LogP contribution >= 0.6 is 0 Å². The number of benzene rings is 1. The molecule has 0 aliphatic carbocycles. The first-order chi connectivity index (χ1) is 8.33. The van der Waals surface area contributed by atoms with Gasteiger partial charge in [-0.05, 0) is 18.2 Å². The van der Waals surface area contributed by atoms with Crippen molar-refractivity contribution in [1.29, 1.82) is 0 Å². The molecule has 7 nitrogen and oxygen atoms in total. The van der Waals surface area contributed by atoms with Gasteiger partial charge in [0.2, 0.25) is 0 Å². The van der Waals surface area contributed by atoms with Crippen molar-refractivity contribution in [3.8, 4) is 0 Å². The average molecular weight is 230 g/mol. The minimum atomic E-state index is 0.424. The summed E-state index contributed by atoms with van der Waals surface area (Å²) in [6.45, 7) is 0.968. The van der Waals surface area contributed by atoms with Gasteiger partial charge in [0.15, 0.2) is 12.5 Å². The maximum absolute atomic E-state index is 9.34. The number of anilines is 1. The number of hydrogen-bond acceptors (Lipinski definition) is 6. The van der Waals surface area contributed by atoms with E-state index in [9.17, 15) is 5.21 Å². The van der Waals surface area contributed by atoms with Crippen LogP contribution in [0.2, 0.25) is 0 Å². The zero-order chi connectivity index (χ0) is 11.7. The van der Waals surface area contributed by atoms with Crippen molar-refractivity contribution < 1.29 is 5.21 Å². The summed E-state index contributed by atoms with van der Waals surface area (Å²) in [7, 11) is 0. The zero-order valence-corrected chi connectivity index (χ0v) is 8.91. The summed E-state index contributed by atoms with van der Waals surface area (Å²) in [4.78, 5) is 4.94. The Morgan fingerprint density at radius 3 is 3.18 bits per heavy atom. The molecule has 2 aromatic rings. The Bertz CT molecular complexity index is 614. The van der Waals surface area contributed by atoms with Crippen LogP contribution in [0, 0.1) is 0 Å². The smallest absolute Gasteiger partial charge is 0.167 e. The SMILES string of the molecule is On1ncc2cc(NCC3=NCN=N3)ccc21. The number of nitrogens with zero attached hydrogens (tertiary/aromatic N) is 5. The number of azo groups is 1. The highest BCUT2D eigenvalue weighted by atomic mass is 16.5. The standard InChI is InChI=1S/C10H10N6O/c17-16-9-2-1-8(3-7(9)4-14-16)11-5-10-12-6-13-15-10/h1-4,11,17H,5-6H2. The number of aliphatic imine (C=N–C) groups is 1. The highest BCUT2D eigenvalue weighted by molar-refractivity contribution is 5.88. The molecule has 1 aliphatic rings. The molecule has 2 N–H and O–H groups in total. The van der Waals surface area contributed by atoms with Gasteiger partial charge in [-0.15, -0.1) is 15.1 Å². The van der Waals surface area contributed by atoms with E-state index in [1.54, 1.807) is 12.3 Å². The number of amidine groups is 1. The second kappa shape index (κ2) is 3.85. The zero-order valence-electron chi connectivity index (χ0n) is 8.91. The first kappa shape index (κ1) is 9.76. The Balaban J connectivity index is 1.79. The van der Waals surface area contributed by atoms with Gasteiger partial charge in [0, 0.05) is 11.1 Å². The van der Waals surface area contributed by atoms with E-state index < -0.39 is 0 Å². The maximum Gasteiger partial charge on any atom is 0.167 e. The molecule has 1 aliphatic heterocycles. The van der Waals surface area contributed by atoms with Crippen LogP contribution in [0.3, 0.4) is 0 Å². The molecule has 0 saturated carbocycles. The summed E-state index contributed by atoms with van der Waals surface area (Å²) in [5.41, 5.74) is 1.60. The maximum atomic E-state index is 9.34. The van der Waals surface area contributed by atoms with E-state index in [-0.39, 0.29) is 0 Å². The van der Waals surface area contributed by atoms with Crippen LogP contribution in [0.25, 0.3) is 10.9 Å². The van der Waals surface area contributed by atoms with Crippen LogP contribution in [0.4, 0.5) is 5.69 Å². The second-order valence-corrected chi connectivity index (χ2v) is 3.62. The van der Waals surface area contributed by atoms with Gasteiger partial charge in [0.25, 0.3) is 0 Å². The number of hydrogen-bond donors (Lipinski definition) is 2. The van der Waals surface area contributed by atoms with Gasteiger partial charge in [-0.25, -0.2) is 4.99 Å². The molecule has 0 bridgehead atoms. The lowest BCUT2D eigenvalue weighted by Gasteiger charge is -2.04. The molecule has 0 radical (unpaired) electrons. The molecular formula is C10H10N6O. The van der Waals surface area contributed by atoms with Gasteiger partial charge < -0.3 is 10.5 Å². The molecule has 3 rings (SSSR count). The fraction of sp³-hybridized carbons (Fsp3) is 0.200. The summed E-state index contributed by atoms with van der Waals surface area (Å²) in [5.74, 6) is 0.697. The predicted octanol–water partition coefficient (Wildman–Crippen LogP) is 1.51. The second-order valence-electron chi connectivity index (χ2n) is 3.62. The van der Waals surface area contributed by atoms with Crippen molar-refractivity contribution in [2.45, 2.75) is 0 Å². The lowest BCUT2D eigenvalue weighted by molar-refractivity contribution is 0.161. The fourth-order valence-corrected chi connectivity index (χ4v) is 1.66. The van der Waals surface area contributed by atoms with Crippen LogP contribution in [0.5, 0.6) is 0 Å². The van der Waals surface area contributed by atoms with Crippen LogP contribution in [-0.4, -0.2) is 34.2 Å². The number of nitrogens with one attached hydrogen (secondary N) is 1. The Labute approximate surface area is 96.4 Å². The van der Waals surface area contributed by atoms with Gasteiger partial charge in [0.1, 0.15) is 5.52 Å². The van der Waals surface area contributed by atoms with E-state index in [1.165, 1.54) is 0 Å². The third-order valence-corrected chi connectivity index (χ3v) is 2.50. The molecule has 1 aromatic heterocycles. The van der Waals surface area contributed by atoms with E-state index in [1.807, 2.05) is 12.1 Å². The van der Waals surface area contributed by atoms with Gasteiger partial charge >= 0.3 is 0 Å². The first-order valence-electron chi connectivity index (χ1n) is 5.15. The fourth-order valence-electron chi connectivity index (χ4n) is 1.66. The Morgan fingerprint density at radius 1 is 1.41 bits per heavy atom. The molecule has 0 saturated heterocycles. The summed E-state index contributed by atoms with van der Waals surface area (Å²) in [6.07, 6.45) is 1.60. The molecule has 0 spiro atoms. The number of rotatable bonds is 3. The molecule has 7 heteroatoms. The van der Waals surface area contributed by atoms with Crippen molar-refractivity contribution in [2.75, 3.05) is 18.5 Å². The van der Waals surface area contributed by atoms with Crippen LogP contribution in [-0.2, 0) is 0 Å². The lowest BCUT2D eigenvalue weighted by atomic mass is 10.2. The van der Waals surface area contributed by atoms with Crippen LogP contribution < -0.4 is 5.32 Å². The van der Waals surface area contributed by atoms with Crippen molar-refractivity contribution in [3.63, 3.8) is 0 Å². The van der Waals surface area contributed by atoms with E-state index in [4.69, 9.17) is 0 Å². The monoisotopic (exact) mass is 230 g/mol. The highest BCUT2D eigenvalue weighted by Gasteiger charge is 2.04. The number of aromatic nitrogens is 2. The van der Waals surface area contributed by atoms with E-state index in [0.29, 0.717) is 24.6 Å². The lowest BCUT2D eigenvalue weighted by Crippen LogP contribution is -2.10. The topological polar surface area (TPSA) is 87.2 Å². The molecule has 86 valence electrons. The quantitative estimate of drug-likeness (QED) is 0.783. The third-order valence-electron chi connectivity index (χ3n) is 2.50. The Hall–Kier alpha value is -2.44. The molecule has 17 heavy (non-hydrogen) atoms. The van der Waals surface area contributed by atoms with Crippen molar-refractivity contribution in [2.24, 2.45) is 15.2 Å². The number of fused-ring (bicyclic) bond motifs is 1. The van der Waals surface area contributed by atoms with Crippen LogP contribution in [0.15, 0.2) is 39.6 Å². The molecular weight excluding hydrogens is 220 g/mol. The van der Waals surface area contributed by atoms with E-state index in [0.717, 1.165) is 15.9 Å². The van der Waals surface area contributed by atoms with Crippen molar-refractivity contribution in [3.05, 3.63) is 24.4 Å². The molecule has 0 unspecified atom stereocenters.